The van der Waals surface area contributed by atoms with Crippen LogP contribution in [0.25, 0.3) is 0 Å². The van der Waals surface area contributed by atoms with Gasteiger partial charge in [0.1, 0.15) is 11.7 Å². The van der Waals surface area contributed by atoms with E-state index in [4.69, 9.17) is 9.47 Å². The highest BCUT2D eigenvalue weighted by Crippen LogP contribution is 2.24. The van der Waals surface area contributed by atoms with Crippen LogP contribution in [0.4, 0.5) is 15.3 Å². The molecule has 0 aliphatic carbocycles. The third-order valence-corrected chi connectivity index (χ3v) is 3.72. The summed E-state index contributed by atoms with van der Waals surface area (Å²) in [5.41, 5.74) is 0.210. The molecule has 1 atom stereocenters. The standard InChI is InChI=1S/C16H21BrN2O4/c1-16(2,3)23-14(20)18(4)9-13-10-19(15(21)22-13)12-7-5-11(17)6-8-12/h5-8,13H,9-10H2,1-4H3. The van der Waals surface area contributed by atoms with Crippen molar-refractivity contribution in [3.8, 4) is 0 Å². The van der Waals surface area contributed by atoms with E-state index in [0.29, 0.717) is 6.54 Å². The van der Waals surface area contributed by atoms with Crippen molar-refractivity contribution in [1.29, 1.82) is 0 Å². The van der Waals surface area contributed by atoms with Crippen LogP contribution in [0.2, 0.25) is 0 Å². The molecule has 0 bridgehead atoms. The first-order valence-corrected chi connectivity index (χ1v) is 8.13. The van der Waals surface area contributed by atoms with Crippen LogP contribution in [0.3, 0.4) is 0 Å². The van der Waals surface area contributed by atoms with Gasteiger partial charge in [-0.1, -0.05) is 15.9 Å². The maximum absolute atomic E-state index is 12.0. The number of carbonyl (C=O) groups is 2. The SMILES string of the molecule is CN(CC1CN(c2ccc(Br)cc2)C(=O)O1)C(=O)OC(C)(C)C. The molecule has 1 aromatic carbocycles. The molecule has 126 valence electrons. The number of nitrogens with zero attached hydrogens (tertiary/aromatic N) is 2. The van der Waals surface area contributed by atoms with E-state index >= 15 is 0 Å². The maximum Gasteiger partial charge on any atom is 0.414 e. The molecule has 0 spiro atoms. The Balaban J connectivity index is 1.95. The van der Waals surface area contributed by atoms with Crippen molar-refractivity contribution >= 4 is 33.8 Å². The fourth-order valence-corrected chi connectivity index (χ4v) is 2.43. The molecule has 2 amide bonds. The van der Waals surface area contributed by atoms with Gasteiger partial charge in [-0.15, -0.1) is 0 Å². The smallest absolute Gasteiger partial charge is 0.414 e. The zero-order valence-electron chi connectivity index (χ0n) is 13.7. The van der Waals surface area contributed by atoms with Crippen molar-refractivity contribution < 1.29 is 19.1 Å². The van der Waals surface area contributed by atoms with Gasteiger partial charge in [0.05, 0.1) is 13.1 Å². The lowest BCUT2D eigenvalue weighted by Gasteiger charge is -2.25. The highest BCUT2D eigenvalue weighted by molar-refractivity contribution is 9.10. The quantitative estimate of drug-likeness (QED) is 0.797. The van der Waals surface area contributed by atoms with Gasteiger partial charge in [0, 0.05) is 17.2 Å². The number of ether oxygens (including phenoxy) is 2. The lowest BCUT2D eigenvalue weighted by Crippen LogP contribution is -2.39. The van der Waals surface area contributed by atoms with E-state index in [9.17, 15) is 9.59 Å². The van der Waals surface area contributed by atoms with Crippen LogP contribution in [0, 0.1) is 0 Å². The summed E-state index contributed by atoms with van der Waals surface area (Å²) in [4.78, 5) is 26.9. The second-order valence-corrected chi connectivity index (χ2v) is 7.37. The van der Waals surface area contributed by atoms with E-state index in [1.54, 1.807) is 11.9 Å². The summed E-state index contributed by atoms with van der Waals surface area (Å²) in [6.07, 6.45) is -1.23. The van der Waals surface area contributed by atoms with E-state index in [1.165, 1.54) is 4.90 Å². The molecule has 1 heterocycles. The molecule has 1 fully saturated rings. The molecule has 1 unspecified atom stereocenters. The van der Waals surface area contributed by atoms with Crippen LogP contribution < -0.4 is 4.90 Å². The number of anilines is 1. The normalized spacial score (nSPS) is 17.9. The Hall–Kier alpha value is -1.76. The third-order valence-electron chi connectivity index (χ3n) is 3.20. The summed E-state index contributed by atoms with van der Waals surface area (Å²) in [5, 5.41) is 0. The molecule has 1 saturated heterocycles. The second kappa shape index (κ2) is 6.78. The number of hydrogen-bond donors (Lipinski definition) is 0. The molecule has 6 nitrogen and oxygen atoms in total. The monoisotopic (exact) mass is 384 g/mol. The first-order valence-electron chi connectivity index (χ1n) is 7.33. The van der Waals surface area contributed by atoms with Crippen LogP contribution in [0.1, 0.15) is 20.8 Å². The highest BCUT2D eigenvalue weighted by Gasteiger charge is 2.34. The van der Waals surface area contributed by atoms with E-state index < -0.39 is 17.8 Å². The van der Waals surface area contributed by atoms with Crippen molar-refractivity contribution in [3.63, 3.8) is 0 Å². The van der Waals surface area contributed by atoms with Crippen molar-refractivity contribution in [1.82, 2.24) is 4.90 Å². The molecule has 0 saturated carbocycles. The van der Waals surface area contributed by atoms with Gasteiger partial charge < -0.3 is 14.4 Å². The van der Waals surface area contributed by atoms with Gasteiger partial charge in [-0.05, 0) is 45.0 Å². The maximum atomic E-state index is 12.0. The number of carbonyl (C=O) groups excluding carboxylic acids is 2. The average Bonchev–Trinajstić information content (AvgIpc) is 2.78. The average molecular weight is 385 g/mol. The molecule has 1 aliphatic heterocycles. The molecule has 7 heteroatoms. The predicted molar refractivity (Wildman–Crippen MR) is 90.6 cm³/mol. The van der Waals surface area contributed by atoms with Crippen molar-refractivity contribution in [3.05, 3.63) is 28.7 Å². The zero-order valence-corrected chi connectivity index (χ0v) is 15.3. The first-order chi connectivity index (χ1) is 10.7. The number of cyclic esters (lactones) is 1. The Bertz CT molecular complexity index is 583. The minimum atomic E-state index is -0.554. The molecular formula is C16H21BrN2O4. The fourth-order valence-electron chi connectivity index (χ4n) is 2.17. The van der Waals surface area contributed by atoms with Crippen LogP contribution in [0.15, 0.2) is 28.7 Å². The molecule has 1 aliphatic rings. The number of amides is 2. The summed E-state index contributed by atoms with van der Waals surface area (Å²) in [7, 11) is 1.63. The Morgan fingerprint density at radius 3 is 2.57 bits per heavy atom. The molecule has 0 N–H and O–H groups in total. The molecule has 0 aromatic heterocycles. The number of halogens is 1. The minimum Gasteiger partial charge on any atom is -0.444 e. The fraction of sp³-hybridized carbons (Fsp3) is 0.500. The van der Waals surface area contributed by atoms with Gasteiger partial charge in [-0.2, -0.15) is 0 Å². The van der Waals surface area contributed by atoms with E-state index in [0.717, 1.165) is 10.2 Å². The molecule has 23 heavy (non-hydrogen) atoms. The summed E-state index contributed by atoms with van der Waals surface area (Å²) < 4.78 is 11.6. The largest absolute Gasteiger partial charge is 0.444 e. The van der Waals surface area contributed by atoms with Crippen LogP contribution >= 0.6 is 15.9 Å². The summed E-state index contributed by atoms with van der Waals surface area (Å²) >= 11 is 3.36. The number of hydrogen-bond acceptors (Lipinski definition) is 4. The number of rotatable bonds is 3. The zero-order chi connectivity index (χ0) is 17.2. The van der Waals surface area contributed by atoms with Gasteiger partial charge in [0.15, 0.2) is 0 Å². The Morgan fingerprint density at radius 1 is 1.39 bits per heavy atom. The van der Waals surface area contributed by atoms with Crippen LogP contribution in [-0.2, 0) is 9.47 Å². The van der Waals surface area contributed by atoms with Gasteiger partial charge in [0.2, 0.25) is 0 Å². The minimum absolute atomic E-state index is 0.285. The van der Waals surface area contributed by atoms with Crippen LogP contribution in [0.5, 0.6) is 0 Å². The Kier molecular flexibility index (Phi) is 5.19. The van der Waals surface area contributed by atoms with Crippen molar-refractivity contribution in [2.24, 2.45) is 0 Å². The lowest BCUT2D eigenvalue weighted by atomic mass is 10.2. The molecule has 1 aromatic rings. The third kappa shape index (κ3) is 4.86. The lowest BCUT2D eigenvalue weighted by molar-refractivity contribution is 0.0223. The van der Waals surface area contributed by atoms with E-state index in [1.807, 2.05) is 45.0 Å². The number of likely N-dealkylation sites (N-methyl/N-ethyl adjacent to an activating group) is 1. The van der Waals surface area contributed by atoms with Crippen molar-refractivity contribution in [2.75, 3.05) is 25.0 Å². The van der Waals surface area contributed by atoms with Gasteiger partial charge >= 0.3 is 12.2 Å². The number of benzene rings is 1. The van der Waals surface area contributed by atoms with E-state index in [-0.39, 0.29) is 12.6 Å². The summed E-state index contributed by atoms with van der Waals surface area (Å²) in [5.74, 6) is 0. The van der Waals surface area contributed by atoms with Crippen molar-refractivity contribution in [2.45, 2.75) is 32.5 Å². The Labute approximate surface area is 144 Å². The highest BCUT2D eigenvalue weighted by atomic mass is 79.9. The van der Waals surface area contributed by atoms with E-state index in [2.05, 4.69) is 15.9 Å². The summed E-state index contributed by atoms with van der Waals surface area (Å²) in [6.45, 7) is 6.11. The predicted octanol–water partition coefficient (Wildman–Crippen LogP) is 3.64. The Morgan fingerprint density at radius 2 is 2.00 bits per heavy atom. The van der Waals surface area contributed by atoms with Crippen LogP contribution in [-0.4, -0.2) is 48.9 Å². The molecular weight excluding hydrogens is 364 g/mol. The first kappa shape index (κ1) is 17.6. The second-order valence-electron chi connectivity index (χ2n) is 6.45. The summed E-state index contributed by atoms with van der Waals surface area (Å²) in [6, 6.07) is 7.40. The van der Waals surface area contributed by atoms with Gasteiger partial charge in [-0.25, -0.2) is 9.59 Å². The molecule has 0 radical (unpaired) electrons. The van der Waals surface area contributed by atoms with Gasteiger partial charge in [0.25, 0.3) is 0 Å². The van der Waals surface area contributed by atoms with Gasteiger partial charge in [-0.3, -0.25) is 4.90 Å². The topological polar surface area (TPSA) is 59.1 Å². The molecule has 2 rings (SSSR count).